The third kappa shape index (κ3) is 1.21. The Hall–Kier alpha value is -1.35. The molecule has 1 aromatic carbocycles. The van der Waals surface area contributed by atoms with E-state index in [0.717, 1.165) is 18.4 Å². The first-order chi connectivity index (χ1) is 6.29. The second-order valence-electron chi connectivity index (χ2n) is 3.39. The monoisotopic (exact) mass is 177 g/mol. The first kappa shape index (κ1) is 8.26. The van der Waals surface area contributed by atoms with Gasteiger partial charge in [0.15, 0.2) is 0 Å². The van der Waals surface area contributed by atoms with Crippen molar-refractivity contribution in [3.8, 4) is 0 Å². The first-order valence-corrected chi connectivity index (χ1v) is 4.30. The summed E-state index contributed by atoms with van der Waals surface area (Å²) in [4.78, 5) is 11.3. The van der Waals surface area contributed by atoms with Crippen LogP contribution in [0.2, 0.25) is 0 Å². The third-order valence-corrected chi connectivity index (χ3v) is 2.61. The van der Waals surface area contributed by atoms with Crippen LogP contribution in [0.3, 0.4) is 0 Å². The highest BCUT2D eigenvalue weighted by molar-refractivity contribution is 5.90. The van der Waals surface area contributed by atoms with Gasteiger partial charge in [-0.1, -0.05) is 30.3 Å². The van der Waals surface area contributed by atoms with Gasteiger partial charge in [0.05, 0.1) is 5.41 Å². The van der Waals surface area contributed by atoms with E-state index in [-0.39, 0.29) is 5.91 Å². The Morgan fingerprint density at radius 2 is 1.92 bits per heavy atom. The normalized spacial score (nSPS) is 17.9. The van der Waals surface area contributed by atoms with E-state index in [9.17, 15) is 4.79 Å². The van der Waals surface area contributed by atoms with Crippen LogP contribution >= 0.6 is 0 Å². The van der Waals surface area contributed by atoms with Crippen molar-refractivity contribution in [3.63, 3.8) is 0 Å². The molecule has 2 N–H and O–H groups in total. The van der Waals surface area contributed by atoms with Crippen molar-refractivity contribution in [1.29, 1.82) is 0 Å². The molecule has 1 saturated carbocycles. The maximum Gasteiger partial charge on any atom is 0.253 e. The molecule has 1 amide bonds. The lowest BCUT2D eigenvalue weighted by molar-refractivity contribution is -0.131. The summed E-state index contributed by atoms with van der Waals surface area (Å²) in [6, 6.07) is 9.56. The molecule has 0 aliphatic heterocycles. The van der Waals surface area contributed by atoms with E-state index in [2.05, 4.69) is 0 Å². The Bertz CT molecular complexity index is 317. The van der Waals surface area contributed by atoms with E-state index >= 15 is 0 Å². The molecule has 0 bridgehead atoms. The van der Waals surface area contributed by atoms with Crippen molar-refractivity contribution in [1.82, 2.24) is 5.48 Å². The van der Waals surface area contributed by atoms with Crippen LogP contribution in [0.25, 0.3) is 0 Å². The first-order valence-electron chi connectivity index (χ1n) is 4.30. The molecule has 0 atom stereocenters. The van der Waals surface area contributed by atoms with Crippen molar-refractivity contribution >= 4 is 5.91 Å². The molecular weight excluding hydrogens is 166 g/mol. The third-order valence-electron chi connectivity index (χ3n) is 2.61. The van der Waals surface area contributed by atoms with Gasteiger partial charge in [-0.05, 0) is 18.4 Å². The Morgan fingerprint density at radius 3 is 2.38 bits per heavy atom. The number of amides is 1. The second-order valence-corrected chi connectivity index (χ2v) is 3.39. The molecule has 0 heterocycles. The molecule has 3 nitrogen and oxygen atoms in total. The number of hydrogen-bond donors (Lipinski definition) is 2. The van der Waals surface area contributed by atoms with E-state index in [0.29, 0.717) is 0 Å². The van der Waals surface area contributed by atoms with Crippen molar-refractivity contribution in [3.05, 3.63) is 35.9 Å². The van der Waals surface area contributed by atoms with Crippen molar-refractivity contribution < 1.29 is 10.0 Å². The molecular formula is C10H11NO2. The summed E-state index contributed by atoms with van der Waals surface area (Å²) >= 11 is 0. The number of hydroxylamine groups is 1. The topological polar surface area (TPSA) is 49.3 Å². The summed E-state index contributed by atoms with van der Waals surface area (Å²) in [6.07, 6.45) is 1.65. The summed E-state index contributed by atoms with van der Waals surface area (Å²) in [5, 5.41) is 8.57. The number of carbonyl (C=O) groups is 1. The largest absolute Gasteiger partial charge is 0.289 e. The molecule has 0 aromatic heterocycles. The molecule has 1 aromatic rings. The van der Waals surface area contributed by atoms with E-state index in [1.54, 1.807) is 5.48 Å². The minimum atomic E-state index is -0.448. The SMILES string of the molecule is O=C(NO)C1(c2ccccc2)CC1. The van der Waals surface area contributed by atoms with Crippen LogP contribution in [0.5, 0.6) is 0 Å². The average molecular weight is 177 g/mol. The van der Waals surface area contributed by atoms with Crippen LogP contribution in [0, 0.1) is 0 Å². The molecule has 1 fully saturated rings. The maximum absolute atomic E-state index is 11.3. The molecule has 0 saturated heterocycles. The fourth-order valence-electron chi connectivity index (χ4n) is 1.64. The number of hydrogen-bond acceptors (Lipinski definition) is 2. The fourth-order valence-corrected chi connectivity index (χ4v) is 1.64. The van der Waals surface area contributed by atoms with Crippen LogP contribution in [-0.4, -0.2) is 11.1 Å². The van der Waals surface area contributed by atoms with Gasteiger partial charge in [-0.3, -0.25) is 10.0 Å². The van der Waals surface area contributed by atoms with E-state index in [4.69, 9.17) is 5.21 Å². The lowest BCUT2D eigenvalue weighted by atomic mass is 9.95. The predicted octanol–water partition coefficient (Wildman–Crippen LogP) is 1.22. The summed E-state index contributed by atoms with van der Waals surface area (Å²) in [7, 11) is 0. The molecule has 0 spiro atoms. The van der Waals surface area contributed by atoms with Crippen LogP contribution in [0.4, 0.5) is 0 Å². The van der Waals surface area contributed by atoms with Gasteiger partial charge in [0.2, 0.25) is 0 Å². The zero-order valence-corrected chi connectivity index (χ0v) is 7.16. The minimum absolute atomic E-state index is 0.293. The van der Waals surface area contributed by atoms with Gasteiger partial charge in [0.1, 0.15) is 0 Å². The number of nitrogens with one attached hydrogen (secondary N) is 1. The Morgan fingerprint density at radius 1 is 1.31 bits per heavy atom. The second kappa shape index (κ2) is 2.85. The van der Waals surface area contributed by atoms with Crippen molar-refractivity contribution in [2.75, 3.05) is 0 Å². The molecule has 3 heteroatoms. The summed E-state index contributed by atoms with van der Waals surface area (Å²) in [5.41, 5.74) is 2.27. The summed E-state index contributed by atoms with van der Waals surface area (Å²) < 4.78 is 0. The van der Waals surface area contributed by atoms with Gasteiger partial charge in [-0.15, -0.1) is 0 Å². The Balaban J connectivity index is 2.31. The molecule has 13 heavy (non-hydrogen) atoms. The molecule has 0 radical (unpaired) electrons. The zero-order chi connectivity index (χ0) is 9.31. The quantitative estimate of drug-likeness (QED) is 0.527. The zero-order valence-electron chi connectivity index (χ0n) is 7.16. The highest BCUT2D eigenvalue weighted by Crippen LogP contribution is 2.48. The lowest BCUT2D eigenvalue weighted by Crippen LogP contribution is -2.32. The van der Waals surface area contributed by atoms with Crippen LogP contribution in [-0.2, 0) is 10.2 Å². The van der Waals surface area contributed by atoms with E-state index in [1.165, 1.54) is 0 Å². The molecule has 68 valence electrons. The number of benzene rings is 1. The summed E-state index contributed by atoms with van der Waals surface area (Å²) in [6.45, 7) is 0. The van der Waals surface area contributed by atoms with Crippen molar-refractivity contribution in [2.45, 2.75) is 18.3 Å². The number of carbonyl (C=O) groups excluding carboxylic acids is 1. The van der Waals surface area contributed by atoms with Gasteiger partial charge in [-0.2, -0.15) is 0 Å². The van der Waals surface area contributed by atoms with Gasteiger partial charge < -0.3 is 0 Å². The minimum Gasteiger partial charge on any atom is -0.289 e. The maximum atomic E-state index is 11.3. The van der Waals surface area contributed by atoms with Crippen molar-refractivity contribution in [2.24, 2.45) is 0 Å². The summed E-state index contributed by atoms with van der Waals surface area (Å²) in [5.74, 6) is -0.293. The van der Waals surface area contributed by atoms with Gasteiger partial charge >= 0.3 is 0 Å². The highest BCUT2D eigenvalue weighted by atomic mass is 16.5. The fraction of sp³-hybridized carbons (Fsp3) is 0.300. The van der Waals surface area contributed by atoms with Crippen LogP contribution in [0.1, 0.15) is 18.4 Å². The molecule has 1 aliphatic rings. The van der Waals surface area contributed by atoms with Gasteiger partial charge in [-0.25, -0.2) is 5.48 Å². The van der Waals surface area contributed by atoms with Crippen LogP contribution < -0.4 is 5.48 Å². The van der Waals surface area contributed by atoms with E-state index < -0.39 is 5.41 Å². The van der Waals surface area contributed by atoms with Crippen LogP contribution in [0.15, 0.2) is 30.3 Å². The molecule has 2 rings (SSSR count). The highest BCUT2D eigenvalue weighted by Gasteiger charge is 2.51. The molecule has 1 aliphatic carbocycles. The average Bonchev–Trinajstić information content (AvgIpc) is 2.99. The molecule has 0 unspecified atom stereocenters. The standard InChI is InChI=1S/C10H11NO2/c12-9(11-13)10(6-7-10)8-4-2-1-3-5-8/h1-5,13H,6-7H2,(H,11,12). The number of rotatable bonds is 2. The Labute approximate surface area is 76.3 Å². The smallest absolute Gasteiger partial charge is 0.253 e. The lowest BCUT2D eigenvalue weighted by Gasteiger charge is -2.12. The van der Waals surface area contributed by atoms with Gasteiger partial charge in [0.25, 0.3) is 5.91 Å². The van der Waals surface area contributed by atoms with E-state index in [1.807, 2.05) is 30.3 Å². The predicted molar refractivity (Wildman–Crippen MR) is 47.3 cm³/mol. The Kier molecular flexibility index (Phi) is 1.81. The van der Waals surface area contributed by atoms with Gasteiger partial charge in [0, 0.05) is 0 Å².